The SMILES string of the molecule is CCNC(=NCc1c(C)cc(C)cc1C)N1CCCC2(CNC(=O)C2)C1.I. The van der Waals surface area contributed by atoms with Gasteiger partial charge in [0.1, 0.15) is 0 Å². The van der Waals surface area contributed by atoms with Gasteiger partial charge in [0.2, 0.25) is 5.91 Å². The Morgan fingerprint density at radius 3 is 2.59 bits per heavy atom. The van der Waals surface area contributed by atoms with E-state index in [1.165, 1.54) is 22.3 Å². The van der Waals surface area contributed by atoms with Crippen molar-refractivity contribution in [1.82, 2.24) is 15.5 Å². The van der Waals surface area contributed by atoms with Crippen molar-refractivity contribution in [1.29, 1.82) is 0 Å². The molecule has 2 N–H and O–H groups in total. The number of hydrogen-bond acceptors (Lipinski definition) is 2. The molecule has 6 heteroatoms. The van der Waals surface area contributed by atoms with Crippen LogP contribution in [0.15, 0.2) is 17.1 Å². The number of amides is 1. The lowest BCUT2D eigenvalue weighted by Crippen LogP contribution is -2.51. The van der Waals surface area contributed by atoms with Gasteiger partial charge in [-0.15, -0.1) is 24.0 Å². The number of benzene rings is 1. The van der Waals surface area contributed by atoms with Crippen LogP contribution in [0.2, 0.25) is 0 Å². The number of halogens is 1. The maximum atomic E-state index is 11.8. The summed E-state index contributed by atoms with van der Waals surface area (Å²) in [5.41, 5.74) is 5.32. The Morgan fingerprint density at radius 1 is 1.30 bits per heavy atom. The van der Waals surface area contributed by atoms with Gasteiger partial charge in [-0.3, -0.25) is 4.79 Å². The molecule has 0 bridgehead atoms. The summed E-state index contributed by atoms with van der Waals surface area (Å²) in [5, 5.41) is 6.48. The lowest BCUT2D eigenvalue weighted by atomic mass is 9.79. The molecule has 1 aromatic rings. The van der Waals surface area contributed by atoms with Crippen LogP contribution in [0.5, 0.6) is 0 Å². The first-order valence-electron chi connectivity index (χ1n) is 9.79. The largest absolute Gasteiger partial charge is 0.357 e. The Bertz CT molecular complexity index is 695. The lowest BCUT2D eigenvalue weighted by Gasteiger charge is -2.40. The zero-order valence-electron chi connectivity index (χ0n) is 17.0. The summed E-state index contributed by atoms with van der Waals surface area (Å²) in [6, 6.07) is 4.47. The van der Waals surface area contributed by atoms with Crippen molar-refractivity contribution in [2.75, 3.05) is 26.2 Å². The van der Waals surface area contributed by atoms with E-state index in [9.17, 15) is 4.79 Å². The van der Waals surface area contributed by atoms with Gasteiger partial charge in [0.25, 0.3) is 0 Å². The van der Waals surface area contributed by atoms with Crippen molar-refractivity contribution in [2.45, 2.75) is 53.5 Å². The molecule has 0 aromatic heterocycles. The van der Waals surface area contributed by atoms with E-state index in [-0.39, 0.29) is 35.3 Å². The van der Waals surface area contributed by atoms with Gasteiger partial charge in [0.05, 0.1) is 6.54 Å². The van der Waals surface area contributed by atoms with Crippen molar-refractivity contribution in [3.05, 3.63) is 34.4 Å². The van der Waals surface area contributed by atoms with E-state index in [0.717, 1.165) is 45.0 Å². The summed E-state index contributed by atoms with van der Waals surface area (Å²) in [5.74, 6) is 1.17. The Morgan fingerprint density at radius 2 is 2.00 bits per heavy atom. The van der Waals surface area contributed by atoms with Crippen LogP contribution in [0.25, 0.3) is 0 Å². The molecule has 2 fully saturated rings. The quantitative estimate of drug-likeness (QED) is 0.394. The monoisotopic (exact) mass is 484 g/mol. The molecule has 2 aliphatic rings. The fourth-order valence-corrected chi connectivity index (χ4v) is 4.47. The number of nitrogens with zero attached hydrogens (tertiary/aromatic N) is 2. The predicted molar refractivity (Wildman–Crippen MR) is 122 cm³/mol. The van der Waals surface area contributed by atoms with Crippen molar-refractivity contribution >= 4 is 35.8 Å². The first-order valence-corrected chi connectivity index (χ1v) is 9.79. The standard InChI is InChI=1S/C21H32N4O.HI/c1-5-22-20(23-12-18-16(3)9-15(2)10-17(18)4)25-8-6-7-21(14-25)11-19(26)24-13-21;/h9-10H,5-8,11-14H2,1-4H3,(H,22,23)(H,24,26);1H. The van der Waals surface area contributed by atoms with E-state index in [0.29, 0.717) is 13.0 Å². The lowest BCUT2D eigenvalue weighted by molar-refractivity contribution is -0.119. The van der Waals surface area contributed by atoms with Crippen LogP contribution in [-0.2, 0) is 11.3 Å². The molecule has 0 saturated carbocycles. The number of aryl methyl sites for hydroxylation is 3. The maximum absolute atomic E-state index is 11.8. The molecule has 1 spiro atoms. The summed E-state index contributed by atoms with van der Waals surface area (Å²) < 4.78 is 0. The fourth-order valence-electron chi connectivity index (χ4n) is 4.47. The van der Waals surface area contributed by atoms with Crippen molar-refractivity contribution in [3.8, 4) is 0 Å². The third kappa shape index (κ3) is 5.15. The third-order valence-corrected chi connectivity index (χ3v) is 5.72. The van der Waals surface area contributed by atoms with Crippen molar-refractivity contribution < 1.29 is 4.79 Å². The molecule has 5 nitrogen and oxygen atoms in total. The van der Waals surface area contributed by atoms with E-state index < -0.39 is 0 Å². The number of carbonyl (C=O) groups is 1. The second-order valence-corrected chi connectivity index (χ2v) is 8.03. The Hall–Kier alpha value is -1.31. The van der Waals surface area contributed by atoms with Gasteiger partial charge in [0, 0.05) is 38.0 Å². The molecule has 2 aliphatic heterocycles. The molecule has 3 rings (SSSR count). The number of nitrogens with one attached hydrogen (secondary N) is 2. The summed E-state index contributed by atoms with van der Waals surface area (Å²) in [6.45, 7) is 12.9. The molecule has 1 amide bonds. The predicted octanol–water partition coefficient (Wildman–Crippen LogP) is 3.30. The van der Waals surface area contributed by atoms with E-state index in [1.54, 1.807) is 0 Å². The van der Waals surface area contributed by atoms with Crippen LogP contribution in [0.4, 0.5) is 0 Å². The van der Waals surface area contributed by atoms with Crippen molar-refractivity contribution in [3.63, 3.8) is 0 Å². The molecular weight excluding hydrogens is 451 g/mol. The van der Waals surface area contributed by atoms with Crippen LogP contribution in [0.3, 0.4) is 0 Å². The van der Waals surface area contributed by atoms with Gasteiger partial charge < -0.3 is 15.5 Å². The van der Waals surface area contributed by atoms with E-state index in [4.69, 9.17) is 4.99 Å². The highest BCUT2D eigenvalue weighted by Gasteiger charge is 2.42. The fraction of sp³-hybridized carbons (Fsp3) is 0.619. The average molecular weight is 484 g/mol. The van der Waals surface area contributed by atoms with Crippen LogP contribution in [-0.4, -0.2) is 42.9 Å². The highest BCUT2D eigenvalue weighted by molar-refractivity contribution is 14.0. The number of guanidine groups is 1. The number of carbonyl (C=O) groups excluding carboxylic acids is 1. The normalized spacial score (nSPS) is 22.6. The molecule has 0 aliphatic carbocycles. The molecule has 2 heterocycles. The molecule has 1 atom stereocenters. The maximum Gasteiger partial charge on any atom is 0.220 e. The molecule has 150 valence electrons. The third-order valence-electron chi connectivity index (χ3n) is 5.72. The second kappa shape index (κ2) is 9.26. The first-order chi connectivity index (χ1) is 12.4. The highest BCUT2D eigenvalue weighted by Crippen LogP contribution is 2.36. The van der Waals surface area contributed by atoms with Crippen LogP contribution < -0.4 is 10.6 Å². The molecule has 27 heavy (non-hydrogen) atoms. The minimum Gasteiger partial charge on any atom is -0.357 e. The zero-order valence-corrected chi connectivity index (χ0v) is 19.4. The van der Waals surface area contributed by atoms with Crippen LogP contribution >= 0.6 is 24.0 Å². The average Bonchev–Trinajstić information content (AvgIpc) is 2.93. The summed E-state index contributed by atoms with van der Waals surface area (Å²) in [6.07, 6.45) is 2.89. The van der Waals surface area contributed by atoms with Gasteiger partial charge >= 0.3 is 0 Å². The van der Waals surface area contributed by atoms with E-state index in [1.807, 2.05) is 0 Å². The van der Waals surface area contributed by atoms with Crippen LogP contribution in [0.1, 0.15) is 48.4 Å². The van der Waals surface area contributed by atoms with Crippen LogP contribution in [0, 0.1) is 26.2 Å². The number of likely N-dealkylation sites (tertiary alicyclic amines) is 1. The van der Waals surface area contributed by atoms with Gasteiger partial charge in [-0.1, -0.05) is 17.7 Å². The first kappa shape index (κ1) is 22.0. The summed E-state index contributed by atoms with van der Waals surface area (Å²) in [7, 11) is 0. The minimum absolute atomic E-state index is 0. The van der Waals surface area contributed by atoms with E-state index >= 15 is 0 Å². The summed E-state index contributed by atoms with van der Waals surface area (Å²) >= 11 is 0. The van der Waals surface area contributed by atoms with Gasteiger partial charge in [-0.05, 0) is 57.2 Å². The number of piperidine rings is 1. The highest BCUT2D eigenvalue weighted by atomic mass is 127. The smallest absolute Gasteiger partial charge is 0.220 e. The Balaban J connectivity index is 0.00000261. The minimum atomic E-state index is 0. The molecule has 1 unspecified atom stereocenters. The Labute approximate surface area is 180 Å². The van der Waals surface area contributed by atoms with Gasteiger partial charge in [0.15, 0.2) is 5.96 Å². The zero-order chi connectivity index (χ0) is 18.7. The second-order valence-electron chi connectivity index (χ2n) is 8.03. The molecule has 0 radical (unpaired) electrons. The summed E-state index contributed by atoms with van der Waals surface area (Å²) in [4.78, 5) is 19.1. The van der Waals surface area contributed by atoms with Gasteiger partial charge in [-0.25, -0.2) is 4.99 Å². The molecule has 1 aromatic carbocycles. The molecular formula is C21H33IN4O. The van der Waals surface area contributed by atoms with Crippen molar-refractivity contribution in [2.24, 2.45) is 10.4 Å². The number of hydrogen-bond donors (Lipinski definition) is 2. The van der Waals surface area contributed by atoms with E-state index in [2.05, 4.69) is 55.4 Å². The topological polar surface area (TPSA) is 56.7 Å². The Kier molecular flexibility index (Phi) is 7.54. The number of aliphatic imine (C=N–C) groups is 1. The van der Waals surface area contributed by atoms with Gasteiger partial charge in [-0.2, -0.15) is 0 Å². The number of rotatable bonds is 3. The molecule has 2 saturated heterocycles.